The molecule has 0 aromatic carbocycles. The van der Waals surface area contributed by atoms with Gasteiger partial charge in [0.1, 0.15) is 0 Å². The van der Waals surface area contributed by atoms with E-state index < -0.39 is 0 Å². The predicted octanol–water partition coefficient (Wildman–Crippen LogP) is 3.67. The number of hydrogen-bond donors (Lipinski definition) is 1. The molecule has 2 heteroatoms. The van der Waals surface area contributed by atoms with Gasteiger partial charge in [-0.2, -0.15) is 0 Å². The molecule has 2 rings (SSSR count). The largest absolute Gasteiger partial charge is 0.309 e. The fourth-order valence-electron chi connectivity index (χ4n) is 3.69. The lowest BCUT2D eigenvalue weighted by atomic mass is 9.81. The van der Waals surface area contributed by atoms with Crippen LogP contribution in [0.15, 0.2) is 0 Å². The van der Waals surface area contributed by atoms with Crippen molar-refractivity contribution in [3.8, 4) is 0 Å². The molecule has 1 aliphatic heterocycles. The highest BCUT2D eigenvalue weighted by molar-refractivity contribution is 4.93. The van der Waals surface area contributed by atoms with Crippen molar-refractivity contribution in [2.24, 2.45) is 11.8 Å². The van der Waals surface area contributed by atoms with Crippen molar-refractivity contribution in [2.75, 3.05) is 19.6 Å². The van der Waals surface area contributed by atoms with E-state index in [-0.39, 0.29) is 0 Å². The molecule has 0 bridgehead atoms. The van der Waals surface area contributed by atoms with Crippen LogP contribution in [0.5, 0.6) is 0 Å². The molecule has 1 N–H and O–H groups in total. The first-order chi connectivity index (χ1) is 9.02. The molecule has 2 atom stereocenters. The third-order valence-electron chi connectivity index (χ3n) is 5.74. The van der Waals surface area contributed by atoms with E-state index in [0.29, 0.717) is 11.6 Å². The number of piperazine rings is 1. The van der Waals surface area contributed by atoms with Crippen LogP contribution in [0.25, 0.3) is 0 Å². The van der Waals surface area contributed by atoms with E-state index in [0.717, 1.165) is 18.4 Å². The highest BCUT2D eigenvalue weighted by atomic mass is 15.2. The van der Waals surface area contributed by atoms with Crippen LogP contribution in [0.1, 0.15) is 66.2 Å². The summed E-state index contributed by atoms with van der Waals surface area (Å²) < 4.78 is 0. The molecule has 2 fully saturated rings. The molecule has 0 aromatic heterocycles. The summed E-state index contributed by atoms with van der Waals surface area (Å²) in [4.78, 5) is 2.73. The molecule has 0 aromatic rings. The summed E-state index contributed by atoms with van der Waals surface area (Å²) in [6.07, 6.45) is 8.55. The van der Waals surface area contributed by atoms with Gasteiger partial charge in [-0.1, -0.05) is 39.5 Å². The van der Waals surface area contributed by atoms with Gasteiger partial charge in [0.15, 0.2) is 0 Å². The van der Waals surface area contributed by atoms with Gasteiger partial charge < -0.3 is 5.32 Å². The van der Waals surface area contributed by atoms with Crippen LogP contribution >= 0.6 is 0 Å². The Morgan fingerprint density at radius 1 is 1.16 bits per heavy atom. The van der Waals surface area contributed by atoms with Crippen LogP contribution < -0.4 is 5.32 Å². The van der Waals surface area contributed by atoms with Gasteiger partial charge in [-0.05, 0) is 45.1 Å². The zero-order chi connectivity index (χ0) is 13.9. The number of rotatable bonds is 4. The van der Waals surface area contributed by atoms with Crippen molar-refractivity contribution >= 4 is 0 Å². The first-order valence-electron chi connectivity index (χ1n) is 8.51. The molecule has 2 nitrogen and oxygen atoms in total. The number of hydrogen-bond acceptors (Lipinski definition) is 2. The summed E-state index contributed by atoms with van der Waals surface area (Å²) >= 11 is 0. The summed E-state index contributed by atoms with van der Waals surface area (Å²) in [5.74, 6) is 1.99. The Morgan fingerprint density at radius 3 is 2.47 bits per heavy atom. The summed E-state index contributed by atoms with van der Waals surface area (Å²) in [6.45, 7) is 13.2. The van der Waals surface area contributed by atoms with Gasteiger partial charge in [-0.15, -0.1) is 0 Å². The second-order valence-electron chi connectivity index (χ2n) is 7.53. The molecular weight excluding hydrogens is 232 g/mol. The minimum absolute atomic E-state index is 0.341. The summed E-state index contributed by atoms with van der Waals surface area (Å²) in [6, 6.07) is 0.710. The Morgan fingerprint density at radius 2 is 1.84 bits per heavy atom. The second kappa shape index (κ2) is 6.58. The average Bonchev–Trinajstić information content (AvgIpc) is 2.42. The van der Waals surface area contributed by atoms with Gasteiger partial charge in [0.25, 0.3) is 0 Å². The van der Waals surface area contributed by atoms with Crippen LogP contribution in [0, 0.1) is 11.8 Å². The quantitative estimate of drug-likeness (QED) is 0.835. The van der Waals surface area contributed by atoms with Gasteiger partial charge >= 0.3 is 0 Å². The molecule has 0 amide bonds. The zero-order valence-electron chi connectivity index (χ0n) is 13.5. The van der Waals surface area contributed by atoms with Crippen LogP contribution in [-0.2, 0) is 0 Å². The molecule has 1 saturated carbocycles. The summed E-state index contributed by atoms with van der Waals surface area (Å²) in [5, 5.41) is 3.73. The van der Waals surface area contributed by atoms with Crippen LogP contribution in [-0.4, -0.2) is 36.1 Å². The lowest BCUT2D eigenvalue weighted by Crippen LogP contribution is -2.62. The first-order valence-corrected chi connectivity index (χ1v) is 8.51. The molecule has 0 radical (unpaired) electrons. The maximum atomic E-state index is 3.73. The topological polar surface area (TPSA) is 15.3 Å². The molecule has 0 spiro atoms. The average molecular weight is 266 g/mol. The smallest absolute Gasteiger partial charge is 0.0278 e. The van der Waals surface area contributed by atoms with Gasteiger partial charge in [-0.25, -0.2) is 0 Å². The van der Waals surface area contributed by atoms with Crippen molar-refractivity contribution in [3.63, 3.8) is 0 Å². The highest BCUT2D eigenvalue weighted by Gasteiger charge is 2.32. The first kappa shape index (κ1) is 15.3. The van der Waals surface area contributed by atoms with E-state index in [4.69, 9.17) is 0 Å². The van der Waals surface area contributed by atoms with E-state index in [2.05, 4.69) is 37.9 Å². The standard InChI is InChI=1S/C17H34N2/c1-5-17(4)13-19(15(3)12-18-17)11-10-16-8-6-14(2)7-9-16/h14-16,18H,5-13H2,1-4H3. The monoisotopic (exact) mass is 266 g/mol. The van der Waals surface area contributed by atoms with Gasteiger partial charge in [0.05, 0.1) is 0 Å². The van der Waals surface area contributed by atoms with E-state index in [1.54, 1.807) is 0 Å². The Hall–Kier alpha value is -0.0800. The van der Waals surface area contributed by atoms with E-state index in [9.17, 15) is 0 Å². The van der Waals surface area contributed by atoms with Crippen LogP contribution in [0.2, 0.25) is 0 Å². The van der Waals surface area contributed by atoms with Crippen LogP contribution in [0.4, 0.5) is 0 Å². The van der Waals surface area contributed by atoms with E-state index in [1.165, 1.54) is 51.6 Å². The summed E-state index contributed by atoms with van der Waals surface area (Å²) in [5.41, 5.74) is 0.341. The molecule has 1 heterocycles. The molecule has 2 aliphatic rings. The molecule has 1 saturated heterocycles. The van der Waals surface area contributed by atoms with Crippen molar-refractivity contribution in [1.82, 2.24) is 10.2 Å². The van der Waals surface area contributed by atoms with Gasteiger partial charge in [0, 0.05) is 24.7 Å². The lowest BCUT2D eigenvalue weighted by Gasteiger charge is -2.45. The van der Waals surface area contributed by atoms with Gasteiger partial charge in [-0.3, -0.25) is 4.90 Å². The van der Waals surface area contributed by atoms with Crippen molar-refractivity contribution < 1.29 is 0 Å². The third-order valence-corrected chi connectivity index (χ3v) is 5.74. The minimum atomic E-state index is 0.341. The fourth-order valence-corrected chi connectivity index (χ4v) is 3.69. The molecule has 19 heavy (non-hydrogen) atoms. The Bertz CT molecular complexity index is 270. The van der Waals surface area contributed by atoms with Crippen molar-refractivity contribution in [1.29, 1.82) is 0 Å². The predicted molar refractivity (Wildman–Crippen MR) is 83.5 cm³/mol. The Kier molecular flexibility index (Phi) is 5.30. The zero-order valence-corrected chi connectivity index (χ0v) is 13.5. The minimum Gasteiger partial charge on any atom is -0.309 e. The normalized spacial score (nSPS) is 41.4. The Balaban J connectivity index is 1.77. The maximum absolute atomic E-state index is 3.73. The lowest BCUT2D eigenvalue weighted by molar-refractivity contribution is 0.0838. The third kappa shape index (κ3) is 4.19. The second-order valence-corrected chi connectivity index (χ2v) is 7.53. The molecule has 2 unspecified atom stereocenters. The molecular formula is C17H34N2. The molecule has 1 aliphatic carbocycles. The Labute approximate surface area is 120 Å². The van der Waals surface area contributed by atoms with Crippen LogP contribution in [0.3, 0.4) is 0 Å². The van der Waals surface area contributed by atoms with E-state index in [1.807, 2.05) is 0 Å². The highest BCUT2D eigenvalue weighted by Crippen LogP contribution is 2.31. The summed E-state index contributed by atoms with van der Waals surface area (Å²) in [7, 11) is 0. The maximum Gasteiger partial charge on any atom is 0.0278 e. The fraction of sp³-hybridized carbons (Fsp3) is 1.00. The van der Waals surface area contributed by atoms with Crippen molar-refractivity contribution in [3.05, 3.63) is 0 Å². The number of nitrogens with zero attached hydrogens (tertiary/aromatic N) is 1. The SMILES string of the molecule is CCC1(C)CN(CCC2CCC(C)CC2)C(C)CN1. The molecule has 112 valence electrons. The van der Waals surface area contributed by atoms with Gasteiger partial charge in [0.2, 0.25) is 0 Å². The van der Waals surface area contributed by atoms with Crippen molar-refractivity contribution in [2.45, 2.75) is 77.8 Å². The van der Waals surface area contributed by atoms with E-state index >= 15 is 0 Å². The number of nitrogens with one attached hydrogen (secondary N) is 1.